The summed E-state index contributed by atoms with van der Waals surface area (Å²) in [5.74, 6) is 0.537. The number of nitrogen functional groups attached to an aromatic ring is 1. The van der Waals surface area contributed by atoms with Crippen molar-refractivity contribution in [3.63, 3.8) is 0 Å². The normalized spacial score (nSPS) is 15.1. The third-order valence-electron chi connectivity index (χ3n) is 6.38. The van der Waals surface area contributed by atoms with Gasteiger partial charge in [-0.2, -0.15) is 0 Å². The fourth-order valence-electron chi connectivity index (χ4n) is 4.81. The lowest BCUT2D eigenvalue weighted by molar-refractivity contribution is 0.360. The second kappa shape index (κ2) is 7.46. The maximum absolute atomic E-state index is 6.36. The molecule has 6 heteroatoms. The number of aromatic nitrogens is 4. The van der Waals surface area contributed by atoms with Gasteiger partial charge in [-0.25, -0.2) is 15.0 Å². The van der Waals surface area contributed by atoms with Crippen molar-refractivity contribution in [1.82, 2.24) is 19.5 Å². The van der Waals surface area contributed by atoms with Gasteiger partial charge in [0.15, 0.2) is 0 Å². The second-order valence-corrected chi connectivity index (χ2v) is 9.23. The molecular weight excluding hydrogens is 402 g/mol. The average molecular weight is 426 g/mol. The maximum atomic E-state index is 6.36. The highest BCUT2D eigenvalue weighted by Crippen LogP contribution is 2.38. The number of hydrogen-bond acceptors (Lipinski definition) is 5. The van der Waals surface area contributed by atoms with Crippen LogP contribution in [-0.4, -0.2) is 19.5 Å². The van der Waals surface area contributed by atoms with Crippen LogP contribution in [0, 0.1) is 0 Å². The van der Waals surface area contributed by atoms with Gasteiger partial charge >= 0.3 is 0 Å². The molecule has 1 saturated carbocycles. The van der Waals surface area contributed by atoms with Gasteiger partial charge in [-0.1, -0.05) is 43.5 Å². The van der Waals surface area contributed by atoms with E-state index in [1.165, 1.54) is 37.0 Å². The Labute approximate surface area is 184 Å². The quantitative estimate of drug-likeness (QED) is 0.360. The molecule has 0 amide bonds. The molecule has 0 atom stereocenters. The summed E-state index contributed by atoms with van der Waals surface area (Å²) < 4.78 is 2.33. The number of hydrogen-bond donors (Lipinski definition) is 1. The van der Waals surface area contributed by atoms with E-state index in [1.54, 1.807) is 17.7 Å². The molecule has 5 nitrogen and oxygen atoms in total. The van der Waals surface area contributed by atoms with E-state index < -0.39 is 0 Å². The molecule has 6 rings (SSSR count). The first-order valence-corrected chi connectivity index (χ1v) is 11.7. The van der Waals surface area contributed by atoms with E-state index in [9.17, 15) is 0 Å². The first kappa shape index (κ1) is 18.5. The Morgan fingerprint density at radius 3 is 2.71 bits per heavy atom. The van der Waals surface area contributed by atoms with Crippen molar-refractivity contribution in [3.05, 3.63) is 60.4 Å². The van der Waals surface area contributed by atoms with Crippen LogP contribution in [0.15, 0.2) is 60.4 Å². The zero-order chi connectivity index (χ0) is 20.8. The van der Waals surface area contributed by atoms with Crippen molar-refractivity contribution >= 4 is 39.1 Å². The molecule has 2 N–H and O–H groups in total. The van der Waals surface area contributed by atoms with Crippen LogP contribution in [0.5, 0.6) is 0 Å². The van der Waals surface area contributed by atoms with Crippen LogP contribution in [0.1, 0.15) is 38.1 Å². The van der Waals surface area contributed by atoms with Crippen LogP contribution < -0.4 is 5.73 Å². The molecule has 1 aliphatic rings. The van der Waals surface area contributed by atoms with E-state index in [2.05, 4.69) is 68.6 Å². The Hall–Kier alpha value is -3.25. The summed E-state index contributed by atoms with van der Waals surface area (Å²) in [6, 6.07) is 15.3. The number of thiophene rings is 1. The molecule has 0 unspecified atom stereocenters. The minimum Gasteiger partial charge on any atom is -0.383 e. The monoisotopic (exact) mass is 425 g/mol. The smallest absolute Gasteiger partial charge is 0.146 e. The van der Waals surface area contributed by atoms with Crippen LogP contribution in [-0.2, 0) is 0 Å². The molecule has 1 aromatic carbocycles. The topological polar surface area (TPSA) is 69.6 Å². The van der Waals surface area contributed by atoms with E-state index in [1.807, 2.05) is 0 Å². The number of fused-ring (bicyclic) bond motifs is 2. The van der Waals surface area contributed by atoms with E-state index in [-0.39, 0.29) is 0 Å². The van der Waals surface area contributed by atoms with Gasteiger partial charge in [0.25, 0.3) is 0 Å². The molecular formula is C25H23N5S. The molecule has 1 fully saturated rings. The predicted octanol–water partition coefficient (Wildman–Crippen LogP) is 6.46. The zero-order valence-electron chi connectivity index (χ0n) is 17.2. The molecule has 0 spiro atoms. The van der Waals surface area contributed by atoms with Crippen molar-refractivity contribution in [3.8, 4) is 21.7 Å². The van der Waals surface area contributed by atoms with E-state index in [4.69, 9.17) is 10.7 Å². The molecule has 154 valence electrons. The lowest BCUT2D eigenvalue weighted by Gasteiger charge is -2.23. The first-order chi connectivity index (χ1) is 15.3. The number of nitrogens with two attached hydrogens (primary N) is 1. The predicted molar refractivity (Wildman–Crippen MR) is 128 cm³/mol. The summed E-state index contributed by atoms with van der Waals surface area (Å²) >= 11 is 1.71. The summed E-state index contributed by atoms with van der Waals surface area (Å²) in [5.41, 5.74) is 11.5. The molecule has 0 saturated heterocycles. The third kappa shape index (κ3) is 3.18. The van der Waals surface area contributed by atoms with Gasteiger partial charge in [-0.05, 0) is 42.0 Å². The minimum atomic E-state index is 0.475. The molecule has 31 heavy (non-hydrogen) atoms. The Morgan fingerprint density at radius 1 is 1.00 bits per heavy atom. The lowest BCUT2D eigenvalue weighted by atomic mass is 9.95. The molecule has 0 aliphatic heterocycles. The van der Waals surface area contributed by atoms with Gasteiger partial charge in [0.05, 0.1) is 21.5 Å². The van der Waals surface area contributed by atoms with Crippen molar-refractivity contribution in [2.24, 2.45) is 0 Å². The van der Waals surface area contributed by atoms with Crippen LogP contribution >= 0.6 is 11.3 Å². The van der Waals surface area contributed by atoms with Gasteiger partial charge in [0.1, 0.15) is 17.8 Å². The fourth-order valence-corrected chi connectivity index (χ4v) is 5.51. The summed E-state index contributed by atoms with van der Waals surface area (Å²) in [7, 11) is 0. The standard InChI is InChI=1S/C25H23N5S/c26-24-23-19(14-30(25(23)28-15-27-24)18-5-2-1-3-6-18)17-9-8-16-10-11-20(29-21(16)13-17)22-7-4-12-31-22/h4,7-15,18H,1-3,5-6H2,(H2,26,27,28). The maximum Gasteiger partial charge on any atom is 0.146 e. The van der Waals surface area contributed by atoms with Crippen molar-refractivity contribution in [2.45, 2.75) is 38.1 Å². The highest BCUT2D eigenvalue weighted by atomic mass is 32.1. The summed E-state index contributed by atoms with van der Waals surface area (Å²) in [6.45, 7) is 0. The van der Waals surface area contributed by atoms with Gasteiger partial charge in [0, 0.05) is 23.2 Å². The molecule has 5 aromatic rings. The Balaban J connectivity index is 1.52. The third-order valence-corrected chi connectivity index (χ3v) is 7.28. The van der Waals surface area contributed by atoms with Crippen LogP contribution in [0.4, 0.5) is 5.82 Å². The van der Waals surface area contributed by atoms with Gasteiger partial charge in [0.2, 0.25) is 0 Å². The Kier molecular flexibility index (Phi) is 4.46. The fraction of sp³-hybridized carbons (Fsp3) is 0.240. The summed E-state index contributed by atoms with van der Waals surface area (Å²) in [6.07, 6.45) is 10.1. The minimum absolute atomic E-state index is 0.475. The highest BCUT2D eigenvalue weighted by molar-refractivity contribution is 7.13. The number of nitrogens with zero attached hydrogens (tertiary/aromatic N) is 4. The summed E-state index contributed by atoms with van der Waals surface area (Å²) in [4.78, 5) is 15.1. The second-order valence-electron chi connectivity index (χ2n) is 8.28. The molecule has 0 radical (unpaired) electrons. The van der Waals surface area contributed by atoms with E-state index >= 15 is 0 Å². The van der Waals surface area contributed by atoms with Crippen molar-refractivity contribution in [1.29, 1.82) is 0 Å². The molecule has 1 aliphatic carbocycles. The Bertz CT molecular complexity index is 1380. The number of rotatable bonds is 3. The number of benzene rings is 1. The van der Waals surface area contributed by atoms with Crippen LogP contribution in [0.25, 0.3) is 43.6 Å². The number of anilines is 1. The molecule has 4 aromatic heterocycles. The summed E-state index contributed by atoms with van der Waals surface area (Å²) in [5, 5.41) is 4.16. The average Bonchev–Trinajstić information content (AvgIpc) is 3.48. The van der Waals surface area contributed by atoms with Gasteiger partial charge in [-0.3, -0.25) is 0 Å². The van der Waals surface area contributed by atoms with Gasteiger partial charge in [-0.15, -0.1) is 11.3 Å². The van der Waals surface area contributed by atoms with E-state index in [0.717, 1.165) is 38.8 Å². The lowest BCUT2D eigenvalue weighted by Crippen LogP contribution is -2.12. The van der Waals surface area contributed by atoms with Gasteiger partial charge < -0.3 is 10.3 Å². The van der Waals surface area contributed by atoms with Crippen molar-refractivity contribution in [2.75, 3.05) is 5.73 Å². The van der Waals surface area contributed by atoms with Crippen LogP contribution in [0.3, 0.4) is 0 Å². The number of pyridine rings is 1. The highest BCUT2D eigenvalue weighted by Gasteiger charge is 2.22. The van der Waals surface area contributed by atoms with E-state index in [0.29, 0.717) is 11.9 Å². The SMILES string of the molecule is Nc1ncnc2c1c(-c1ccc3ccc(-c4cccs4)nc3c1)cn2C1CCCCC1. The van der Waals surface area contributed by atoms with Crippen LogP contribution in [0.2, 0.25) is 0 Å². The molecule has 0 bridgehead atoms. The zero-order valence-corrected chi connectivity index (χ0v) is 18.0. The van der Waals surface area contributed by atoms with Crippen molar-refractivity contribution < 1.29 is 0 Å². The molecule has 4 heterocycles. The largest absolute Gasteiger partial charge is 0.383 e. The first-order valence-electron chi connectivity index (χ1n) is 10.8. The Morgan fingerprint density at radius 2 is 1.87 bits per heavy atom.